The zero-order valence-corrected chi connectivity index (χ0v) is 25.3. The second kappa shape index (κ2) is 11.9. The number of imide groups is 1. The van der Waals surface area contributed by atoms with Crippen LogP contribution < -0.4 is 15.7 Å². The van der Waals surface area contributed by atoms with Crippen molar-refractivity contribution in [1.82, 2.24) is 29.0 Å². The van der Waals surface area contributed by atoms with Crippen LogP contribution in [0.25, 0.3) is 11.0 Å². The summed E-state index contributed by atoms with van der Waals surface area (Å²) in [7, 11) is -2.18. The van der Waals surface area contributed by atoms with Crippen molar-refractivity contribution in [1.29, 1.82) is 0 Å². The van der Waals surface area contributed by atoms with Gasteiger partial charge in [0.1, 0.15) is 17.7 Å². The van der Waals surface area contributed by atoms with Crippen molar-refractivity contribution in [3.63, 3.8) is 0 Å². The number of sulfonamides is 1. The van der Waals surface area contributed by atoms with Crippen LogP contribution in [-0.2, 0) is 42.6 Å². The van der Waals surface area contributed by atoms with Gasteiger partial charge >= 0.3 is 11.8 Å². The number of carbonyl (C=O) groups is 4. The summed E-state index contributed by atoms with van der Waals surface area (Å²) < 4.78 is 33.8. The van der Waals surface area contributed by atoms with Gasteiger partial charge in [-0.15, -0.1) is 0 Å². The summed E-state index contributed by atoms with van der Waals surface area (Å²) in [5.41, 5.74) is 1.14. The Balaban J connectivity index is 1.44. The fraction of sp³-hybridized carbons (Fsp3) is 0.593. The molecule has 0 radical (unpaired) electrons. The SMILES string of the molecule is Cn1c(=O)n(C2CCC(=O)NC2=O)c2ccc(CCCN3CCN(C(=O)OC(C)(C)C)[C@@H](C(=O)NS(C)(=O)=O)C3)cc21. The van der Waals surface area contributed by atoms with Gasteiger partial charge in [0.25, 0.3) is 5.91 Å². The summed E-state index contributed by atoms with van der Waals surface area (Å²) in [6.07, 6.45) is 1.98. The van der Waals surface area contributed by atoms with Crippen LogP contribution in [0.3, 0.4) is 0 Å². The summed E-state index contributed by atoms with van der Waals surface area (Å²) in [5, 5.41) is 2.30. The highest BCUT2D eigenvalue weighted by atomic mass is 32.2. The molecule has 2 saturated heterocycles. The van der Waals surface area contributed by atoms with Gasteiger partial charge in [0.2, 0.25) is 21.8 Å². The predicted octanol–water partition coefficient (Wildman–Crippen LogP) is 0.247. The monoisotopic (exact) mass is 606 g/mol. The summed E-state index contributed by atoms with van der Waals surface area (Å²) >= 11 is 0. The number of nitrogens with zero attached hydrogens (tertiary/aromatic N) is 4. The van der Waals surface area contributed by atoms with Gasteiger partial charge in [-0.25, -0.2) is 18.0 Å². The fourth-order valence-electron chi connectivity index (χ4n) is 5.36. The molecule has 0 aliphatic carbocycles. The van der Waals surface area contributed by atoms with E-state index in [2.05, 4.69) is 5.32 Å². The van der Waals surface area contributed by atoms with E-state index in [9.17, 15) is 32.4 Å². The van der Waals surface area contributed by atoms with Crippen LogP contribution in [0, 0.1) is 0 Å². The first-order chi connectivity index (χ1) is 19.5. The lowest BCUT2D eigenvalue weighted by Crippen LogP contribution is -2.61. The molecule has 2 N–H and O–H groups in total. The van der Waals surface area contributed by atoms with Crippen LogP contribution in [0.15, 0.2) is 23.0 Å². The van der Waals surface area contributed by atoms with Gasteiger partial charge < -0.3 is 4.74 Å². The number of amides is 4. The molecular formula is C27H38N6O8S. The smallest absolute Gasteiger partial charge is 0.411 e. The number of piperazine rings is 1. The molecule has 2 aliphatic rings. The molecule has 0 bridgehead atoms. The molecule has 1 aromatic heterocycles. The first kappa shape index (κ1) is 31.2. The normalized spacial score (nSPS) is 20.5. The maximum atomic E-state index is 13.0. The molecular weight excluding hydrogens is 568 g/mol. The van der Waals surface area contributed by atoms with E-state index in [1.54, 1.807) is 33.9 Å². The third kappa shape index (κ3) is 7.18. The Morgan fingerprint density at radius 3 is 2.48 bits per heavy atom. The van der Waals surface area contributed by atoms with Gasteiger partial charge in [0.15, 0.2) is 0 Å². The second-order valence-electron chi connectivity index (χ2n) is 11.8. The number of nitrogens with one attached hydrogen (secondary N) is 2. The molecule has 2 atom stereocenters. The highest BCUT2D eigenvalue weighted by Gasteiger charge is 2.38. The van der Waals surface area contributed by atoms with Crippen molar-refractivity contribution in [3.05, 3.63) is 34.2 Å². The lowest BCUT2D eigenvalue weighted by atomic mass is 10.0. The molecule has 2 aromatic rings. The molecule has 14 nitrogen and oxygen atoms in total. The number of rotatable bonds is 7. The lowest BCUT2D eigenvalue weighted by Gasteiger charge is -2.40. The van der Waals surface area contributed by atoms with E-state index in [0.717, 1.165) is 11.8 Å². The molecule has 230 valence electrons. The molecule has 1 aromatic carbocycles. The Morgan fingerprint density at radius 2 is 1.83 bits per heavy atom. The molecule has 42 heavy (non-hydrogen) atoms. The van der Waals surface area contributed by atoms with E-state index in [-0.39, 0.29) is 37.5 Å². The molecule has 0 saturated carbocycles. The fourth-order valence-corrected chi connectivity index (χ4v) is 5.86. The van der Waals surface area contributed by atoms with E-state index in [1.807, 2.05) is 21.8 Å². The van der Waals surface area contributed by atoms with Gasteiger partial charge in [0.05, 0.1) is 17.3 Å². The van der Waals surface area contributed by atoms with Crippen molar-refractivity contribution in [2.75, 3.05) is 32.4 Å². The van der Waals surface area contributed by atoms with Crippen molar-refractivity contribution < 1.29 is 32.3 Å². The van der Waals surface area contributed by atoms with Gasteiger partial charge in [-0.05, 0) is 64.3 Å². The number of fused-ring (bicyclic) bond motifs is 1. The van der Waals surface area contributed by atoms with Crippen LogP contribution in [-0.4, -0.2) is 95.2 Å². The molecule has 2 fully saturated rings. The standard InChI is InChI=1S/C27H38N6O8S/c1-27(2,3)41-26(38)32-14-13-31(16-21(32)24(36)29-42(5,39)40)12-6-7-17-8-9-18-20(15-17)30(4)25(37)33(18)19-10-11-22(34)28-23(19)35/h8-9,15,19,21H,6-7,10-14,16H2,1-5H3,(H,29,36)(H,28,34,35)/t19?,21-/m1/s1. The highest BCUT2D eigenvalue weighted by molar-refractivity contribution is 7.89. The Labute approximate surface area is 244 Å². The minimum Gasteiger partial charge on any atom is -0.444 e. The molecule has 2 aliphatic heterocycles. The number of carbonyl (C=O) groups excluding carboxylic acids is 4. The summed E-state index contributed by atoms with van der Waals surface area (Å²) in [6.45, 7) is 6.54. The minimum absolute atomic E-state index is 0.142. The first-order valence-electron chi connectivity index (χ1n) is 13.8. The Morgan fingerprint density at radius 1 is 1.12 bits per heavy atom. The van der Waals surface area contributed by atoms with Crippen LogP contribution in [0.1, 0.15) is 51.6 Å². The van der Waals surface area contributed by atoms with E-state index in [0.29, 0.717) is 37.0 Å². The number of hydrogen-bond donors (Lipinski definition) is 2. The average Bonchev–Trinajstić information content (AvgIpc) is 3.11. The summed E-state index contributed by atoms with van der Waals surface area (Å²) in [6, 6.07) is 3.81. The molecule has 4 amide bonds. The topological polar surface area (TPSA) is 169 Å². The molecule has 4 rings (SSSR count). The third-order valence-electron chi connectivity index (χ3n) is 7.30. The van der Waals surface area contributed by atoms with Crippen molar-refractivity contribution in [2.45, 2.75) is 64.1 Å². The van der Waals surface area contributed by atoms with Crippen molar-refractivity contribution in [2.24, 2.45) is 7.05 Å². The summed E-state index contributed by atoms with van der Waals surface area (Å²) in [4.78, 5) is 65.9. The van der Waals surface area contributed by atoms with Crippen LogP contribution >= 0.6 is 0 Å². The van der Waals surface area contributed by atoms with Crippen molar-refractivity contribution >= 4 is 44.9 Å². The quantitative estimate of drug-likeness (QED) is 0.420. The number of hydrogen-bond acceptors (Lipinski definition) is 9. The minimum atomic E-state index is -3.82. The van der Waals surface area contributed by atoms with Crippen LogP contribution in [0.5, 0.6) is 0 Å². The maximum absolute atomic E-state index is 13.0. The Kier molecular flexibility index (Phi) is 8.83. The predicted molar refractivity (Wildman–Crippen MR) is 153 cm³/mol. The molecule has 3 heterocycles. The number of piperidine rings is 1. The average molecular weight is 607 g/mol. The first-order valence-corrected chi connectivity index (χ1v) is 15.7. The van der Waals surface area contributed by atoms with Crippen LogP contribution in [0.4, 0.5) is 4.79 Å². The van der Waals surface area contributed by atoms with E-state index in [1.165, 1.54) is 14.0 Å². The maximum Gasteiger partial charge on any atom is 0.411 e. The van der Waals surface area contributed by atoms with E-state index >= 15 is 0 Å². The second-order valence-corrected chi connectivity index (χ2v) is 13.6. The Hall–Kier alpha value is -3.72. The van der Waals surface area contributed by atoms with Gasteiger partial charge in [-0.2, -0.15) is 0 Å². The largest absolute Gasteiger partial charge is 0.444 e. The number of aryl methyl sites for hydroxylation is 2. The zero-order chi connectivity index (χ0) is 31.0. The lowest BCUT2D eigenvalue weighted by molar-refractivity contribution is -0.135. The molecule has 0 spiro atoms. The molecule has 1 unspecified atom stereocenters. The number of ether oxygens (including phenoxy) is 1. The van der Waals surface area contributed by atoms with Gasteiger partial charge in [-0.3, -0.25) is 43.4 Å². The van der Waals surface area contributed by atoms with Crippen molar-refractivity contribution in [3.8, 4) is 0 Å². The number of imidazole rings is 1. The summed E-state index contributed by atoms with van der Waals surface area (Å²) in [5.74, 6) is -1.62. The highest BCUT2D eigenvalue weighted by Crippen LogP contribution is 2.24. The van der Waals surface area contributed by atoms with Gasteiger partial charge in [0, 0.05) is 33.1 Å². The third-order valence-corrected chi connectivity index (χ3v) is 7.87. The number of aromatic nitrogens is 2. The van der Waals surface area contributed by atoms with E-state index in [4.69, 9.17) is 4.74 Å². The molecule has 15 heteroatoms. The Bertz CT molecular complexity index is 1570. The zero-order valence-electron chi connectivity index (χ0n) is 24.5. The van der Waals surface area contributed by atoms with E-state index < -0.39 is 45.6 Å². The van der Waals surface area contributed by atoms with Crippen LogP contribution in [0.2, 0.25) is 0 Å². The number of benzene rings is 1. The van der Waals surface area contributed by atoms with Gasteiger partial charge in [-0.1, -0.05) is 6.07 Å².